The first-order chi connectivity index (χ1) is 16.2. The Bertz CT molecular complexity index is 1320. The van der Waals surface area contributed by atoms with E-state index in [1.807, 2.05) is 18.2 Å². The third kappa shape index (κ3) is 3.63. The van der Waals surface area contributed by atoms with Crippen molar-refractivity contribution in [3.63, 3.8) is 0 Å². The van der Waals surface area contributed by atoms with Gasteiger partial charge in [0.15, 0.2) is 0 Å². The predicted molar refractivity (Wildman–Crippen MR) is 132 cm³/mol. The highest BCUT2D eigenvalue weighted by Crippen LogP contribution is 2.31. The molecule has 0 unspecified atom stereocenters. The van der Waals surface area contributed by atoms with E-state index in [2.05, 4.69) is 46.0 Å². The Labute approximate surface area is 193 Å². The first-order valence-corrected chi connectivity index (χ1v) is 12.1. The van der Waals surface area contributed by atoms with Crippen LogP contribution >= 0.6 is 0 Å². The number of aryl methyl sites for hydroxylation is 2. The summed E-state index contributed by atoms with van der Waals surface area (Å²) in [6.45, 7) is 5.21. The summed E-state index contributed by atoms with van der Waals surface area (Å²) in [7, 11) is 0. The summed E-state index contributed by atoms with van der Waals surface area (Å²) in [5.41, 5.74) is 7.35. The maximum atomic E-state index is 14.0. The van der Waals surface area contributed by atoms with E-state index < -0.39 is 0 Å². The number of hydrogen-bond donors (Lipinski definition) is 1. The van der Waals surface area contributed by atoms with Gasteiger partial charge in [0.25, 0.3) is 5.91 Å². The van der Waals surface area contributed by atoms with Crippen molar-refractivity contribution in [3.05, 3.63) is 64.8 Å². The number of benzene rings is 2. The van der Waals surface area contributed by atoms with E-state index in [0.29, 0.717) is 6.54 Å². The summed E-state index contributed by atoms with van der Waals surface area (Å²) in [4.78, 5) is 31.5. The molecule has 2 aromatic carbocycles. The number of carbonyl (C=O) groups excluding carboxylic acids is 1. The minimum absolute atomic E-state index is 0.164. The Morgan fingerprint density at radius 1 is 0.909 bits per heavy atom. The average molecular weight is 440 g/mol. The summed E-state index contributed by atoms with van der Waals surface area (Å²) in [5.74, 6) is 1.06. The number of carbonyl (C=O) groups is 1. The number of aromatic nitrogens is 3. The molecule has 4 aromatic rings. The molecule has 33 heavy (non-hydrogen) atoms. The van der Waals surface area contributed by atoms with Crippen LogP contribution in [0.15, 0.2) is 42.5 Å². The first kappa shape index (κ1) is 20.2. The number of aromatic amines is 1. The molecule has 6 heteroatoms. The van der Waals surface area contributed by atoms with Gasteiger partial charge in [0.1, 0.15) is 0 Å². The highest BCUT2D eigenvalue weighted by molar-refractivity contribution is 6.08. The molecule has 1 aliphatic carbocycles. The summed E-state index contributed by atoms with van der Waals surface area (Å²) in [6, 6.07) is 14.4. The number of nitrogens with zero attached hydrogens (tertiary/aromatic N) is 4. The fraction of sp³-hybridized carbons (Fsp3) is 0.370. The van der Waals surface area contributed by atoms with Crippen molar-refractivity contribution in [2.24, 2.45) is 0 Å². The molecule has 6 nitrogen and oxygen atoms in total. The van der Waals surface area contributed by atoms with Crippen LogP contribution < -0.4 is 4.90 Å². The quantitative estimate of drug-likeness (QED) is 0.494. The van der Waals surface area contributed by atoms with Crippen LogP contribution in [0.2, 0.25) is 0 Å². The molecule has 1 N–H and O–H groups in total. The van der Waals surface area contributed by atoms with Crippen LogP contribution in [-0.4, -0.2) is 51.9 Å². The SMILES string of the molecule is Cc1ccc2nc3c(c(C(=O)N4CCCN(c5nc6ccccc6[nH]5)CC4)c2c1)CCCC3. The van der Waals surface area contributed by atoms with Crippen molar-refractivity contribution in [1.29, 1.82) is 0 Å². The number of para-hydroxylation sites is 2. The van der Waals surface area contributed by atoms with Crippen LogP contribution in [0.4, 0.5) is 5.95 Å². The molecule has 0 atom stereocenters. The zero-order chi connectivity index (χ0) is 22.4. The van der Waals surface area contributed by atoms with Crippen LogP contribution in [0.3, 0.4) is 0 Å². The molecule has 6 rings (SSSR count). The van der Waals surface area contributed by atoms with Crippen LogP contribution in [-0.2, 0) is 12.8 Å². The van der Waals surface area contributed by atoms with Crippen molar-refractivity contribution in [1.82, 2.24) is 19.9 Å². The molecule has 1 amide bonds. The maximum Gasteiger partial charge on any atom is 0.254 e. The molecule has 1 aliphatic heterocycles. The highest BCUT2D eigenvalue weighted by atomic mass is 16.2. The summed E-state index contributed by atoms with van der Waals surface area (Å²) in [6.07, 6.45) is 5.13. The molecule has 2 aliphatic rings. The van der Waals surface area contributed by atoms with Gasteiger partial charge in [-0.15, -0.1) is 0 Å². The Kier molecular flexibility index (Phi) is 5.01. The standard InChI is InChI=1S/C27H29N5O/c1-18-11-12-22-20(17-18)25(19-7-2-3-8-21(19)28-22)26(33)31-13-6-14-32(16-15-31)27-29-23-9-4-5-10-24(23)30-27/h4-5,9-12,17H,2-3,6-8,13-16H2,1H3,(H,29,30). The Hall–Kier alpha value is -3.41. The van der Waals surface area contributed by atoms with Gasteiger partial charge in [0.05, 0.1) is 22.1 Å². The van der Waals surface area contributed by atoms with Crippen molar-refractivity contribution in [3.8, 4) is 0 Å². The average Bonchev–Trinajstić information content (AvgIpc) is 3.11. The highest BCUT2D eigenvalue weighted by Gasteiger charge is 2.28. The Morgan fingerprint density at radius 3 is 2.70 bits per heavy atom. The fourth-order valence-electron chi connectivity index (χ4n) is 5.36. The number of anilines is 1. The van der Waals surface area contributed by atoms with Gasteiger partial charge in [-0.3, -0.25) is 9.78 Å². The lowest BCUT2D eigenvalue weighted by atomic mass is 9.89. The number of amides is 1. The van der Waals surface area contributed by atoms with Gasteiger partial charge in [-0.2, -0.15) is 0 Å². The molecule has 0 bridgehead atoms. The zero-order valence-electron chi connectivity index (χ0n) is 19.1. The summed E-state index contributed by atoms with van der Waals surface area (Å²) < 4.78 is 0. The van der Waals surface area contributed by atoms with Crippen molar-refractivity contribution in [2.75, 3.05) is 31.1 Å². The van der Waals surface area contributed by atoms with Crippen molar-refractivity contribution >= 4 is 33.8 Å². The first-order valence-electron chi connectivity index (χ1n) is 12.1. The van der Waals surface area contributed by atoms with E-state index in [1.54, 1.807) is 0 Å². The van der Waals surface area contributed by atoms with Gasteiger partial charge in [0, 0.05) is 37.3 Å². The van der Waals surface area contributed by atoms with Crippen LogP contribution in [0.1, 0.15) is 46.4 Å². The minimum atomic E-state index is 0.164. The fourth-order valence-corrected chi connectivity index (χ4v) is 5.36. The number of H-pyrrole nitrogens is 1. The summed E-state index contributed by atoms with van der Waals surface area (Å²) in [5, 5.41) is 1.01. The third-order valence-electron chi connectivity index (χ3n) is 7.09. The van der Waals surface area contributed by atoms with E-state index in [1.165, 1.54) is 11.1 Å². The van der Waals surface area contributed by atoms with E-state index >= 15 is 0 Å². The largest absolute Gasteiger partial charge is 0.341 e. The predicted octanol–water partition coefficient (Wildman–Crippen LogP) is 4.65. The number of rotatable bonds is 2. The Balaban J connectivity index is 1.32. The normalized spacial score (nSPS) is 16.8. The number of fused-ring (bicyclic) bond motifs is 3. The molecule has 0 radical (unpaired) electrons. The van der Waals surface area contributed by atoms with Gasteiger partial charge < -0.3 is 14.8 Å². The minimum Gasteiger partial charge on any atom is -0.341 e. The molecule has 3 heterocycles. The van der Waals surface area contributed by atoms with Crippen molar-refractivity contribution in [2.45, 2.75) is 39.0 Å². The molecular weight excluding hydrogens is 410 g/mol. The number of hydrogen-bond acceptors (Lipinski definition) is 4. The smallest absolute Gasteiger partial charge is 0.254 e. The molecule has 0 saturated carbocycles. The number of nitrogens with one attached hydrogen (secondary N) is 1. The lowest BCUT2D eigenvalue weighted by Gasteiger charge is -2.26. The lowest BCUT2D eigenvalue weighted by Crippen LogP contribution is -2.36. The zero-order valence-corrected chi connectivity index (χ0v) is 19.1. The molecule has 1 fully saturated rings. The summed E-state index contributed by atoms with van der Waals surface area (Å²) >= 11 is 0. The maximum absolute atomic E-state index is 14.0. The van der Waals surface area contributed by atoms with E-state index in [9.17, 15) is 4.79 Å². The van der Waals surface area contributed by atoms with Gasteiger partial charge in [0.2, 0.25) is 5.95 Å². The molecule has 1 saturated heterocycles. The lowest BCUT2D eigenvalue weighted by molar-refractivity contribution is 0.0767. The second-order valence-electron chi connectivity index (χ2n) is 9.35. The van der Waals surface area contributed by atoms with Crippen LogP contribution in [0.5, 0.6) is 0 Å². The number of imidazole rings is 1. The second kappa shape index (κ2) is 8.18. The van der Waals surface area contributed by atoms with E-state index in [4.69, 9.17) is 9.97 Å². The van der Waals surface area contributed by atoms with E-state index in [0.717, 1.165) is 90.9 Å². The van der Waals surface area contributed by atoms with Gasteiger partial charge in [-0.1, -0.05) is 23.8 Å². The van der Waals surface area contributed by atoms with Gasteiger partial charge in [-0.05, 0) is 68.9 Å². The monoisotopic (exact) mass is 439 g/mol. The molecule has 2 aromatic heterocycles. The van der Waals surface area contributed by atoms with Gasteiger partial charge >= 0.3 is 0 Å². The molecule has 0 spiro atoms. The van der Waals surface area contributed by atoms with Crippen LogP contribution in [0.25, 0.3) is 21.9 Å². The third-order valence-corrected chi connectivity index (χ3v) is 7.09. The molecular formula is C27H29N5O. The topological polar surface area (TPSA) is 65.1 Å². The van der Waals surface area contributed by atoms with Crippen molar-refractivity contribution < 1.29 is 4.79 Å². The Morgan fingerprint density at radius 2 is 1.79 bits per heavy atom. The molecule has 168 valence electrons. The number of pyridine rings is 1. The second-order valence-corrected chi connectivity index (χ2v) is 9.35. The van der Waals surface area contributed by atoms with Gasteiger partial charge in [-0.25, -0.2) is 4.98 Å². The van der Waals surface area contributed by atoms with Crippen LogP contribution in [0, 0.1) is 6.92 Å². The van der Waals surface area contributed by atoms with E-state index in [-0.39, 0.29) is 5.91 Å².